The van der Waals surface area contributed by atoms with Crippen molar-refractivity contribution in [3.63, 3.8) is 0 Å². The standard InChI is InChI=1S/C22H31NO5/c1-22(2,3)28-21(25)23-13-7-6-8-17(23)15-18(24)11-9-16-10-12-19(26-4)20(14-16)27-5/h9-12,14,17H,6-8,13,15H2,1-5H3/b11-9+/t17-/m0/s1. The van der Waals surface area contributed by atoms with Crippen molar-refractivity contribution in [1.82, 2.24) is 4.90 Å². The first-order valence-corrected chi connectivity index (χ1v) is 9.66. The quantitative estimate of drug-likeness (QED) is 0.672. The summed E-state index contributed by atoms with van der Waals surface area (Å²) in [7, 11) is 3.16. The number of hydrogen-bond acceptors (Lipinski definition) is 5. The Bertz CT molecular complexity index is 720. The van der Waals surface area contributed by atoms with E-state index in [1.165, 1.54) is 0 Å². The second kappa shape index (κ2) is 9.62. The van der Waals surface area contributed by atoms with E-state index in [0.29, 0.717) is 24.5 Å². The minimum Gasteiger partial charge on any atom is -0.493 e. The molecule has 1 aliphatic heterocycles. The fourth-order valence-corrected chi connectivity index (χ4v) is 3.22. The number of likely N-dealkylation sites (tertiary alicyclic amines) is 1. The van der Waals surface area contributed by atoms with E-state index in [2.05, 4.69) is 0 Å². The molecule has 0 saturated carbocycles. The summed E-state index contributed by atoms with van der Waals surface area (Å²) in [6, 6.07) is 5.36. The lowest BCUT2D eigenvalue weighted by molar-refractivity contribution is -0.115. The Labute approximate surface area is 167 Å². The van der Waals surface area contributed by atoms with Crippen LogP contribution in [0.2, 0.25) is 0 Å². The number of carbonyl (C=O) groups excluding carboxylic acids is 2. The summed E-state index contributed by atoms with van der Waals surface area (Å²) in [6.07, 6.45) is 6.03. The van der Waals surface area contributed by atoms with E-state index in [4.69, 9.17) is 14.2 Å². The van der Waals surface area contributed by atoms with Gasteiger partial charge in [-0.25, -0.2) is 4.79 Å². The van der Waals surface area contributed by atoms with Crippen molar-refractivity contribution in [2.45, 2.75) is 58.1 Å². The molecule has 0 aliphatic carbocycles. The van der Waals surface area contributed by atoms with Gasteiger partial charge >= 0.3 is 6.09 Å². The van der Waals surface area contributed by atoms with E-state index in [1.807, 2.05) is 32.9 Å². The van der Waals surface area contributed by atoms with Crippen LogP contribution in [-0.4, -0.2) is 49.2 Å². The van der Waals surface area contributed by atoms with Crippen molar-refractivity contribution >= 4 is 18.0 Å². The molecule has 0 N–H and O–H groups in total. The Hall–Kier alpha value is -2.50. The Morgan fingerprint density at radius 3 is 2.50 bits per heavy atom. The highest BCUT2D eigenvalue weighted by molar-refractivity contribution is 5.94. The highest BCUT2D eigenvalue weighted by Crippen LogP contribution is 2.28. The molecule has 1 atom stereocenters. The largest absolute Gasteiger partial charge is 0.493 e. The van der Waals surface area contributed by atoms with Crippen LogP contribution in [-0.2, 0) is 9.53 Å². The highest BCUT2D eigenvalue weighted by Gasteiger charge is 2.31. The zero-order valence-corrected chi connectivity index (χ0v) is 17.5. The molecule has 1 aromatic rings. The van der Waals surface area contributed by atoms with Gasteiger partial charge in [0.2, 0.25) is 0 Å². The lowest BCUT2D eigenvalue weighted by Crippen LogP contribution is -2.46. The molecule has 0 bridgehead atoms. The fraction of sp³-hybridized carbons (Fsp3) is 0.545. The third-order valence-electron chi connectivity index (χ3n) is 4.56. The lowest BCUT2D eigenvalue weighted by atomic mass is 9.97. The van der Waals surface area contributed by atoms with Crippen molar-refractivity contribution in [1.29, 1.82) is 0 Å². The van der Waals surface area contributed by atoms with Crippen molar-refractivity contribution < 1.29 is 23.8 Å². The molecule has 2 rings (SSSR count). The Morgan fingerprint density at radius 1 is 1.14 bits per heavy atom. The van der Waals surface area contributed by atoms with Crippen molar-refractivity contribution in [3.05, 3.63) is 29.8 Å². The predicted octanol–water partition coefficient (Wildman–Crippen LogP) is 4.47. The average molecular weight is 389 g/mol. The Balaban J connectivity index is 2.02. The molecule has 1 aromatic carbocycles. The van der Waals surface area contributed by atoms with Gasteiger partial charge < -0.3 is 19.1 Å². The van der Waals surface area contributed by atoms with Crippen LogP contribution >= 0.6 is 0 Å². The minimum atomic E-state index is -0.545. The smallest absolute Gasteiger partial charge is 0.410 e. The van der Waals surface area contributed by atoms with Crippen LogP contribution in [0.15, 0.2) is 24.3 Å². The first kappa shape index (κ1) is 21.8. The fourth-order valence-electron chi connectivity index (χ4n) is 3.22. The summed E-state index contributed by atoms with van der Waals surface area (Å²) in [5.74, 6) is 1.23. The maximum absolute atomic E-state index is 12.5. The second-order valence-corrected chi connectivity index (χ2v) is 7.94. The van der Waals surface area contributed by atoms with Gasteiger partial charge in [-0.3, -0.25) is 4.79 Å². The molecule has 0 aromatic heterocycles. The molecule has 1 amide bonds. The van der Waals surface area contributed by atoms with Crippen molar-refractivity contribution in [2.24, 2.45) is 0 Å². The molecule has 1 saturated heterocycles. The van der Waals surface area contributed by atoms with Gasteiger partial charge in [-0.05, 0) is 63.8 Å². The van der Waals surface area contributed by atoms with E-state index in [-0.39, 0.29) is 17.9 Å². The number of ether oxygens (including phenoxy) is 3. The molecule has 1 aliphatic rings. The molecule has 0 unspecified atom stereocenters. The summed E-state index contributed by atoms with van der Waals surface area (Å²) >= 11 is 0. The maximum atomic E-state index is 12.5. The van der Waals surface area contributed by atoms with Gasteiger partial charge in [-0.1, -0.05) is 12.1 Å². The summed E-state index contributed by atoms with van der Waals surface area (Å²) in [4.78, 5) is 26.7. The lowest BCUT2D eigenvalue weighted by Gasteiger charge is -2.36. The molecule has 28 heavy (non-hydrogen) atoms. The SMILES string of the molecule is COc1ccc(/C=C/C(=O)C[C@@H]2CCCCN2C(=O)OC(C)(C)C)cc1OC. The number of benzene rings is 1. The zero-order valence-electron chi connectivity index (χ0n) is 17.5. The van der Waals surface area contributed by atoms with E-state index in [9.17, 15) is 9.59 Å². The highest BCUT2D eigenvalue weighted by atomic mass is 16.6. The summed E-state index contributed by atoms with van der Waals surface area (Å²) in [6.45, 7) is 6.18. The van der Waals surface area contributed by atoms with Gasteiger partial charge in [0.05, 0.1) is 14.2 Å². The van der Waals surface area contributed by atoms with Gasteiger partial charge in [-0.2, -0.15) is 0 Å². The number of hydrogen-bond donors (Lipinski definition) is 0. The predicted molar refractivity (Wildman–Crippen MR) is 109 cm³/mol. The average Bonchev–Trinajstić information content (AvgIpc) is 2.65. The van der Waals surface area contributed by atoms with Crippen LogP contribution in [0, 0.1) is 0 Å². The van der Waals surface area contributed by atoms with Gasteiger partial charge in [-0.15, -0.1) is 0 Å². The minimum absolute atomic E-state index is 0.0183. The van der Waals surface area contributed by atoms with Gasteiger partial charge in [0.1, 0.15) is 5.60 Å². The first-order valence-electron chi connectivity index (χ1n) is 9.66. The number of methoxy groups -OCH3 is 2. The van der Waals surface area contributed by atoms with Crippen LogP contribution in [0.25, 0.3) is 6.08 Å². The summed E-state index contributed by atoms with van der Waals surface area (Å²) < 4.78 is 16.0. The number of allylic oxidation sites excluding steroid dienone is 1. The molecular weight excluding hydrogens is 358 g/mol. The van der Waals surface area contributed by atoms with Crippen molar-refractivity contribution in [2.75, 3.05) is 20.8 Å². The third-order valence-corrected chi connectivity index (χ3v) is 4.56. The molecular formula is C22H31NO5. The van der Waals surface area contributed by atoms with Crippen LogP contribution in [0.5, 0.6) is 11.5 Å². The monoisotopic (exact) mass is 389 g/mol. The molecule has 0 spiro atoms. The number of nitrogens with zero attached hydrogens (tertiary/aromatic N) is 1. The number of carbonyl (C=O) groups is 2. The molecule has 0 radical (unpaired) electrons. The van der Waals surface area contributed by atoms with E-state index in [0.717, 1.165) is 24.8 Å². The second-order valence-electron chi connectivity index (χ2n) is 7.94. The maximum Gasteiger partial charge on any atom is 0.410 e. The number of piperidine rings is 1. The Morgan fingerprint density at radius 2 is 1.86 bits per heavy atom. The molecule has 1 heterocycles. The number of ketones is 1. The molecule has 6 nitrogen and oxygen atoms in total. The Kier molecular flexibility index (Phi) is 7.49. The van der Waals surface area contributed by atoms with Crippen LogP contribution in [0.1, 0.15) is 52.0 Å². The molecule has 6 heteroatoms. The summed E-state index contributed by atoms with van der Waals surface area (Å²) in [5.41, 5.74) is 0.301. The molecule has 154 valence electrons. The van der Waals surface area contributed by atoms with Gasteiger partial charge in [0.15, 0.2) is 17.3 Å². The zero-order chi connectivity index (χ0) is 20.7. The van der Waals surface area contributed by atoms with E-state index < -0.39 is 5.60 Å². The van der Waals surface area contributed by atoms with Crippen LogP contribution in [0.3, 0.4) is 0 Å². The molecule has 1 fully saturated rings. The van der Waals surface area contributed by atoms with Crippen LogP contribution < -0.4 is 9.47 Å². The normalized spacial score (nSPS) is 17.5. The van der Waals surface area contributed by atoms with E-state index in [1.54, 1.807) is 37.3 Å². The summed E-state index contributed by atoms with van der Waals surface area (Å²) in [5, 5.41) is 0. The van der Waals surface area contributed by atoms with E-state index >= 15 is 0 Å². The first-order chi connectivity index (χ1) is 13.2. The third kappa shape index (κ3) is 6.29. The van der Waals surface area contributed by atoms with Crippen LogP contribution in [0.4, 0.5) is 4.79 Å². The van der Waals surface area contributed by atoms with Crippen molar-refractivity contribution in [3.8, 4) is 11.5 Å². The number of amides is 1. The van der Waals surface area contributed by atoms with Gasteiger partial charge in [0, 0.05) is 19.0 Å². The topological polar surface area (TPSA) is 65.1 Å². The number of rotatable bonds is 6. The van der Waals surface area contributed by atoms with Gasteiger partial charge in [0.25, 0.3) is 0 Å².